The second-order valence-corrected chi connectivity index (χ2v) is 10.7. The van der Waals surface area contributed by atoms with Crippen LogP contribution in [0.25, 0.3) is 0 Å². The molecule has 1 atom stereocenters. The molecule has 0 heterocycles. The lowest BCUT2D eigenvalue weighted by Crippen LogP contribution is -2.28. The molecule has 0 aromatic rings. The zero-order valence-electron chi connectivity index (χ0n) is 7.14. The van der Waals surface area contributed by atoms with Gasteiger partial charge in [-0.25, -0.2) is 0 Å². The van der Waals surface area contributed by atoms with Gasteiger partial charge in [0, 0.05) is 0 Å². The third kappa shape index (κ3) is 4.14. The summed E-state index contributed by atoms with van der Waals surface area (Å²) in [6, 6.07) is 0. The number of carbonyl (C=O) groups excluding carboxylic acids is 1. The van der Waals surface area contributed by atoms with E-state index >= 15 is 0 Å². The molecule has 0 bridgehead atoms. The predicted octanol–water partition coefficient (Wildman–Crippen LogP) is 2.66. The first-order valence-electron chi connectivity index (χ1n) is 3.55. The van der Waals surface area contributed by atoms with Crippen LogP contribution in [-0.4, -0.2) is 19.3 Å². The van der Waals surface area contributed by atoms with E-state index in [2.05, 4.69) is 6.58 Å². The molecule has 0 fully saturated rings. The maximum Gasteiger partial charge on any atom is 0.308 e. The SMILES string of the molecule is C=CCOC(=O)C(C)[Si](C)(Cl)Cl. The molecule has 0 aliphatic carbocycles. The van der Waals surface area contributed by atoms with E-state index in [9.17, 15) is 4.79 Å². The summed E-state index contributed by atoms with van der Waals surface area (Å²) in [7, 11) is 0. The molecule has 70 valence electrons. The molecular formula is C7H12Cl2O2Si. The smallest absolute Gasteiger partial charge is 0.308 e. The highest BCUT2D eigenvalue weighted by Gasteiger charge is 2.36. The molecule has 1 unspecified atom stereocenters. The van der Waals surface area contributed by atoms with Gasteiger partial charge in [0.25, 0.3) is 6.69 Å². The van der Waals surface area contributed by atoms with Crippen LogP contribution in [0.1, 0.15) is 6.92 Å². The standard InChI is InChI=1S/C7H12Cl2O2Si/c1-4-5-11-7(10)6(2)12(3,8)9/h4,6H,1,5H2,2-3H3. The van der Waals surface area contributed by atoms with E-state index in [1.54, 1.807) is 13.5 Å². The molecular weight excluding hydrogens is 215 g/mol. The molecule has 0 radical (unpaired) electrons. The Labute approximate surface area is 82.9 Å². The Hall–Kier alpha value is 0.00688. The Morgan fingerprint density at radius 2 is 2.25 bits per heavy atom. The fraction of sp³-hybridized carbons (Fsp3) is 0.571. The van der Waals surface area contributed by atoms with Crippen molar-refractivity contribution in [3.63, 3.8) is 0 Å². The van der Waals surface area contributed by atoms with Crippen LogP contribution in [-0.2, 0) is 9.53 Å². The number of rotatable bonds is 4. The quantitative estimate of drug-likeness (QED) is 0.319. The maximum absolute atomic E-state index is 11.1. The van der Waals surface area contributed by atoms with Gasteiger partial charge in [-0.05, 0) is 6.55 Å². The van der Waals surface area contributed by atoms with Crippen LogP contribution in [0.4, 0.5) is 0 Å². The van der Waals surface area contributed by atoms with Gasteiger partial charge in [0.05, 0.1) is 5.54 Å². The van der Waals surface area contributed by atoms with E-state index < -0.39 is 12.2 Å². The summed E-state index contributed by atoms with van der Waals surface area (Å²) < 4.78 is 4.79. The van der Waals surface area contributed by atoms with E-state index in [0.717, 1.165) is 0 Å². The van der Waals surface area contributed by atoms with Gasteiger partial charge in [0.1, 0.15) is 6.61 Å². The average Bonchev–Trinajstić information content (AvgIpc) is 1.97. The monoisotopic (exact) mass is 226 g/mol. The summed E-state index contributed by atoms with van der Waals surface area (Å²) in [6.07, 6.45) is 1.51. The molecule has 0 aliphatic rings. The minimum Gasteiger partial charge on any atom is -0.461 e. The molecule has 0 rings (SSSR count). The van der Waals surface area contributed by atoms with Crippen molar-refractivity contribution < 1.29 is 9.53 Å². The summed E-state index contributed by atoms with van der Waals surface area (Å²) in [6.45, 7) is 4.56. The van der Waals surface area contributed by atoms with Gasteiger partial charge in [-0.2, -0.15) is 0 Å². The van der Waals surface area contributed by atoms with Crippen LogP contribution in [0.15, 0.2) is 12.7 Å². The molecule has 0 amide bonds. The average molecular weight is 227 g/mol. The minimum absolute atomic E-state index is 0.210. The van der Waals surface area contributed by atoms with Crippen molar-refractivity contribution in [2.24, 2.45) is 0 Å². The molecule has 5 heteroatoms. The van der Waals surface area contributed by atoms with Crippen LogP contribution < -0.4 is 0 Å². The summed E-state index contributed by atoms with van der Waals surface area (Å²) >= 11 is 11.7. The van der Waals surface area contributed by atoms with E-state index in [-0.39, 0.29) is 12.6 Å². The number of esters is 1. The summed E-state index contributed by atoms with van der Waals surface area (Å²) in [5.41, 5.74) is -0.402. The molecule has 0 N–H and O–H groups in total. The van der Waals surface area contributed by atoms with Crippen LogP contribution in [0.2, 0.25) is 12.1 Å². The predicted molar refractivity (Wildman–Crippen MR) is 53.9 cm³/mol. The fourth-order valence-corrected chi connectivity index (χ4v) is 1.50. The lowest BCUT2D eigenvalue weighted by Gasteiger charge is -2.17. The molecule has 0 saturated heterocycles. The van der Waals surface area contributed by atoms with E-state index in [4.69, 9.17) is 26.9 Å². The van der Waals surface area contributed by atoms with Crippen molar-refractivity contribution in [1.29, 1.82) is 0 Å². The van der Waals surface area contributed by atoms with Crippen LogP contribution in [0.5, 0.6) is 0 Å². The number of carbonyl (C=O) groups is 1. The molecule has 2 nitrogen and oxygen atoms in total. The van der Waals surface area contributed by atoms with Crippen LogP contribution >= 0.6 is 22.2 Å². The first-order chi connectivity index (χ1) is 5.39. The number of hydrogen-bond donors (Lipinski definition) is 0. The van der Waals surface area contributed by atoms with Gasteiger partial charge in [-0.3, -0.25) is 4.79 Å². The fourth-order valence-electron chi connectivity index (χ4n) is 0.473. The van der Waals surface area contributed by atoms with E-state index in [0.29, 0.717) is 0 Å². The summed E-state index contributed by atoms with van der Waals surface area (Å²) in [5, 5.41) is 0. The van der Waals surface area contributed by atoms with Gasteiger partial charge >= 0.3 is 5.97 Å². The topological polar surface area (TPSA) is 26.3 Å². The van der Waals surface area contributed by atoms with Crippen LogP contribution in [0, 0.1) is 0 Å². The van der Waals surface area contributed by atoms with Gasteiger partial charge in [0.15, 0.2) is 0 Å². The van der Waals surface area contributed by atoms with E-state index in [1.165, 1.54) is 6.08 Å². The minimum atomic E-state index is -2.44. The first-order valence-corrected chi connectivity index (χ1v) is 8.15. The van der Waals surface area contributed by atoms with Gasteiger partial charge in [0.2, 0.25) is 0 Å². The highest BCUT2D eigenvalue weighted by Crippen LogP contribution is 2.30. The zero-order valence-corrected chi connectivity index (χ0v) is 9.65. The molecule has 0 aliphatic heterocycles. The number of halogens is 2. The van der Waals surface area contributed by atoms with Gasteiger partial charge < -0.3 is 4.74 Å². The van der Waals surface area contributed by atoms with E-state index in [1.807, 2.05) is 0 Å². The largest absolute Gasteiger partial charge is 0.461 e. The van der Waals surface area contributed by atoms with Crippen molar-refractivity contribution in [2.75, 3.05) is 6.61 Å². The Morgan fingerprint density at radius 1 is 1.75 bits per heavy atom. The molecule has 12 heavy (non-hydrogen) atoms. The third-order valence-electron chi connectivity index (χ3n) is 1.46. The normalized spacial score (nSPS) is 13.7. The third-order valence-corrected chi connectivity index (χ3v) is 5.18. The lowest BCUT2D eigenvalue weighted by atomic mass is 10.5. The Kier molecular flexibility index (Phi) is 4.90. The number of ether oxygens (including phenoxy) is 1. The molecule has 0 aromatic carbocycles. The number of hydrogen-bond acceptors (Lipinski definition) is 2. The van der Waals surface area contributed by atoms with Crippen molar-refractivity contribution >= 4 is 34.8 Å². The molecule has 0 spiro atoms. The molecule has 0 saturated carbocycles. The second-order valence-electron chi connectivity index (χ2n) is 2.60. The summed E-state index contributed by atoms with van der Waals surface area (Å²) in [4.78, 5) is 11.1. The lowest BCUT2D eigenvalue weighted by molar-refractivity contribution is -0.141. The van der Waals surface area contributed by atoms with Gasteiger partial charge in [-0.15, -0.1) is 22.2 Å². The maximum atomic E-state index is 11.1. The Morgan fingerprint density at radius 3 is 2.58 bits per heavy atom. The second kappa shape index (κ2) is 4.89. The first kappa shape index (κ1) is 12.0. The van der Waals surface area contributed by atoms with Crippen molar-refractivity contribution in [1.82, 2.24) is 0 Å². The highest BCUT2D eigenvalue weighted by molar-refractivity contribution is 7.46. The Balaban J connectivity index is 4.02. The van der Waals surface area contributed by atoms with Crippen molar-refractivity contribution in [3.05, 3.63) is 12.7 Å². The summed E-state index contributed by atoms with van der Waals surface area (Å²) in [5.74, 6) is -0.353. The Bertz CT molecular complexity index is 177. The van der Waals surface area contributed by atoms with Gasteiger partial charge in [-0.1, -0.05) is 19.6 Å². The zero-order chi connectivity index (χ0) is 9.78. The van der Waals surface area contributed by atoms with Crippen LogP contribution in [0.3, 0.4) is 0 Å². The highest BCUT2D eigenvalue weighted by atomic mass is 35.7. The van der Waals surface area contributed by atoms with Crippen molar-refractivity contribution in [2.45, 2.75) is 19.0 Å². The molecule has 0 aromatic heterocycles. The van der Waals surface area contributed by atoms with Crippen molar-refractivity contribution in [3.8, 4) is 0 Å².